The van der Waals surface area contributed by atoms with E-state index in [1.54, 1.807) is 17.8 Å². The molecule has 2 N–H and O–H groups in total. The van der Waals surface area contributed by atoms with Crippen LogP contribution in [-0.4, -0.2) is 22.7 Å². The lowest BCUT2D eigenvalue weighted by Gasteiger charge is -2.10. The largest absolute Gasteiger partial charge is 0.475 e. The van der Waals surface area contributed by atoms with E-state index >= 15 is 0 Å². The van der Waals surface area contributed by atoms with Crippen LogP contribution in [0.25, 0.3) is 0 Å². The molecule has 108 valence electrons. The zero-order valence-corrected chi connectivity index (χ0v) is 11.9. The molecule has 0 spiro atoms. The fraction of sp³-hybridized carbons (Fsp3) is 0.200. The summed E-state index contributed by atoms with van der Waals surface area (Å²) < 4.78 is 5.11. The first-order valence-electron chi connectivity index (χ1n) is 6.46. The minimum atomic E-state index is -1.12. The van der Waals surface area contributed by atoms with Crippen molar-refractivity contribution in [2.45, 2.75) is 17.4 Å². The molecule has 0 saturated carbocycles. The number of aromatic carboxylic acids is 1. The summed E-state index contributed by atoms with van der Waals surface area (Å²) in [5.74, 6) is -0.320. The fourth-order valence-electron chi connectivity index (χ4n) is 2.26. The number of carbonyl (C=O) groups is 2. The first-order chi connectivity index (χ1) is 10.1. The van der Waals surface area contributed by atoms with Crippen LogP contribution in [0.15, 0.2) is 45.7 Å². The second kappa shape index (κ2) is 5.65. The third-order valence-corrected chi connectivity index (χ3v) is 4.51. The van der Waals surface area contributed by atoms with Gasteiger partial charge >= 0.3 is 5.97 Å². The summed E-state index contributed by atoms with van der Waals surface area (Å²) in [5.41, 5.74) is 1.05. The molecular formula is C15H13NO4S. The quantitative estimate of drug-likeness (QED) is 0.907. The first-order valence-corrected chi connectivity index (χ1v) is 7.45. The maximum Gasteiger partial charge on any atom is 0.371 e. The van der Waals surface area contributed by atoms with E-state index in [0.29, 0.717) is 5.76 Å². The number of carboxylic acids is 1. The van der Waals surface area contributed by atoms with Crippen LogP contribution in [0.3, 0.4) is 0 Å². The number of nitrogens with one attached hydrogen (secondary N) is 1. The molecule has 5 nitrogen and oxygen atoms in total. The van der Waals surface area contributed by atoms with Gasteiger partial charge in [-0.15, -0.1) is 11.8 Å². The molecule has 1 aliphatic rings. The molecule has 0 bridgehead atoms. The van der Waals surface area contributed by atoms with E-state index in [2.05, 4.69) is 5.32 Å². The smallest absolute Gasteiger partial charge is 0.371 e. The molecule has 2 heterocycles. The van der Waals surface area contributed by atoms with Gasteiger partial charge in [0.15, 0.2) is 0 Å². The Labute approximate surface area is 125 Å². The maximum absolute atomic E-state index is 12.2. The van der Waals surface area contributed by atoms with Crippen molar-refractivity contribution in [2.24, 2.45) is 0 Å². The maximum atomic E-state index is 12.2. The molecule has 1 aromatic carbocycles. The van der Waals surface area contributed by atoms with Crippen molar-refractivity contribution in [3.05, 3.63) is 53.5 Å². The van der Waals surface area contributed by atoms with E-state index in [4.69, 9.17) is 9.52 Å². The third kappa shape index (κ3) is 2.80. The van der Waals surface area contributed by atoms with E-state index in [0.717, 1.165) is 16.2 Å². The molecular weight excluding hydrogens is 290 g/mol. The van der Waals surface area contributed by atoms with Gasteiger partial charge < -0.3 is 14.8 Å². The molecule has 0 radical (unpaired) electrons. The van der Waals surface area contributed by atoms with Crippen LogP contribution in [0.2, 0.25) is 0 Å². The average Bonchev–Trinajstić information content (AvgIpc) is 3.11. The Balaban J connectivity index is 1.63. The Bertz CT molecular complexity index is 694. The van der Waals surface area contributed by atoms with E-state index in [-0.39, 0.29) is 24.1 Å². The summed E-state index contributed by atoms with van der Waals surface area (Å²) in [5, 5.41) is 11.6. The van der Waals surface area contributed by atoms with Gasteiger partial charge in [-0.25, -0.2) is 4.79 Å². The summed E-state index contributed by atoms with van der Waals surface area (Å²) in [4.78, 5) is 24.1. The van der Waals surface area contributed by atoms with Gasteiger partial charge in [-0.3, -0.25) is 4.79 Å². The van der Waals surface area contributed by atoms with E-state index in [9.17, 15) is 9.59 Å². The topological polar surface area (TPSA) is 79.5 Å². The van der Waals surface area contributed by atoms with E-state index in [1.165, 1.54) is 6.07 Å². The SMILES string of the molecule is O=C(O)c1ccc(CNC(=O)[C@@H]2CSc3ccccc32)o1. The molecule has 0 aliphatic carbocycles. The summed E-state index contributed by atoms with van der Waals surface area (Å²) in [6, 6.07) is 10.8. The van der Waals surface area contributed by atoms with Gasteiger partial charge in [0.05, 0.1) is 12.5 Å². The molecule has 1 aliphatic heterocycles. The number of benzene rings is 1. The predicted molar refractivity (Wildman–Crippen MR) is 77.4 cm³/mol. The molecule has 1 amide bonds. The van der Waals surface area contributed by atoms with Gasteiger partial charge in [0.25, 0.3) is 0 Å². The number of carbonyl (C=O) groups excluding carboxylic acids is 1. The number of fused-ring (bicyclic) bond motifs is 1. The van der Waals surface area contributed by atoms with Crippen molar-refractivity contribution in [3.63, 3.8) is 0 Å². The minimum absolute atomic E-state index is 0.0688. The second-order valence-electron chi connectivity index (χ2n) is 4.69. The van der Waals surface area contributed by atoms with Crippen molar-refractivity contribution >= 4 is 23.6 Å². The van der Waals surface area contributed by atoms with Crippen molar-refractivity contribution in [2.75, 3.05) is 5.75 Å². The number of amides is 1. The van der Waals surface area contributed by atoms with Crippen LogP contribution in [0, 0.1) is 0 Å². The highest BCUT2D eigenvalue weighted by Crippen LogP contribution is 2.39. The number of rotatable bonds is 4. The molecule has 0 saturated heterocycles. The normalized spacial score (nSPS) is 16.5. The lowest BCUT2D eigenvalue weighted by atomic mass is 10.0. The van der Waals surface area contributed by atoms with Crippen LogP contribution >= 0.6 is 11.8 Å². The fourth-order valence-corrected chi connectivity index (χ4v) is 3.49. The van der Waals surface area contributed by atoms with Crippen molar-refractivity contribution in [3.8, 4) is 0 Å². The molecule has 1 aromatic heterocycles. The Hall–Kier alpha value is -2.21. The average molecular weight is 303 g/mol. The van der Waals surface area contributed by atoms with Crippen LogP contribution in [-0.2, 0) is 11.3 Å². The Morgan fingerprint density at radius 3 is 2.86 bits per heavy atom. The standard InChI is InChI=1S/C15H13NO4S/c17-14(11-8-21-13-4-2-1-3-10(11)13)16-7-9-5-6-12(20-9)15(18)19/h1-6,11H,7-8H2,(H,16,17)(H,18,19)/t11-/m1/s1. The summed E-state index contributed by atoms with van der Waals surface area (Å²) in [6.45, 7) is 0.190. The monoisotopic (exact) mass is 303 g/mol. The van der Waals surface area contributed by atoms with Crippen LogP contribution in [0.5, 0.6) is 0 Å². The summed E-state index contributed by atoms with van der Waals surface area (Å²) in [6.07, 6.45) is 0. The van der Waals surface area contributed by atoms with Crippen LogP contribution < -0.4 is 5.32 Å². The minimum Gasteiger partial charge on any atom is -0.475 e. The van der Waals surface area contributed by atoms with Crippen LogP contribution in [0.1, 0.15) is 27.8 Å². The van der Waals surface area contributed by atoms with Gasteiger partial charge in [-0.1, -0.05) is 18.2 Å². The van der Waals surface area contributed by atoms with Gasteiger partial charge in [-0.05, 0) is 23.8 Å². The second-order valence-corrected chi connectivity index (χ2v) is 5.75. The van der Waals surface area contributed by atoms with E-state index in [1.807, 2.05) is 24.3 Å². The van der Waals surface area contributed by atoms with Gasteiger partial charge in [0.1, 0.15) is 5.76 Å². The zero-order chi connectivity index (χ0) is 14.8. The molecule has 0 unspecified atom stereocenters. The lowest BCUT2D eigenvalue weighted by Crippen LogP contribution is -2.28. The molecule has 6 heteroatoms. The van der Waals surface area contributed by atoms with Crippen molar-refractivity contribution < 1.29 is 19.1 Å². The lowest BCUT2D eigenvalue weighted by molar-refractivity contribution is -0.122. The molecule has 3 rings (SSSR count). The predicted octanol–water partition coefficient (Wildman–Crippen LogP) is 2.48. The number of hydrogen-bond donors (Lipinski definition) is 2. The zero-order valence-electron chi connectivity index (χ0n) is 11.0. The summed E-state index contributed by atoms with van der Waals surface area (Å²) >= 11 is 1.67. The molecule has 1 atom stereocenters. The number of hydrogen-bond acceptors (Lipinski definition) is 4. The number of furan rings is 1. The molecule has 21 heavy (non-hydrogen) atoms. The van der Waals surface area contributed by atoms with Gasteiger partial charge in [0, 0.05) is 10.6 Å². The highest BCUT2D eigenvalue weighted by atomic mass is 32.2. The van der Waals surface area contributed by atoms with Crippen molar-refractivity contribution in [1.82, 2.24) is 5.32 Å². The Morgan fingerprint density at radius 2 is 2.10 bits per heavy atom. The molecule has 0 fully saturated rings. The summed E-state index contributed by atoms with van der Waals surface area (Å²) in [7, 11) is 0. The van der Waals surface area contributed by atoms with E-state index < -0.39 is 5.97 Å². The molecule has 2 aromatic rings. The first kappa shape index (κ1) is 13.8. The highest BCUT2D eigenvalue weighted by Gasteiger charge is 2.28. The number of carboxylic acid groups (broad SMARTS) is 1. The highest BCUT2D eigenvalue weighted by molar-refractivity contribution is 7.99. The van der Waals surface area contributed by atoms with Crippen LogP contribution in [0.4, 0.5) is 0 Å². The van der Waals surface area contributed by atoms with Gasteiger partial charge in [-0.2, -0.15) is 0 Å². The Kier molecular flexibility index (Phi) is 3.70. The number of thioether (sulfide) groups is 1. The van der Waals surface area contributed by atoms with Crippen molar-refractivity contribution in [1.29, 1.82) is 0 Å². The Morgan fingerprint density at radius 1 is 1.29 bits per heavy atom. The van der Waals surface area contributed by atoms with Gasteiger partial charge in [0.2, 0.25) is 11.7 Å². The third-order valence-electron chi connectivity index (χ3n) is 3.33.